The first kappa shape index (κ1) is 24.9. The van der Waals surface area contributed by atoms with Gasteiger partial charge < -0.3 is 24.8 Å². The summed E-state index contributed by atoms with van der Waals surface area (Å²) < 4.78 is 9.88. The first-order valence-corrected chi connectivity index (χ1v) is 11.9. The maximum absolute atomic E-state index is 12.3. The largest absolute Gasteiger partial charge is 0.464 e. The molecular weight excluding hydrogens is 490 g/mol. The number of nitrogens with zero attached hydrogens (tertiary/aromatic N) is 7. The summed E-state index contributed by atoms with van der Waals surface area (Å²) in [5.41, 5.74) is 2.62. The van der Waals surface area contributed by atoms with E-state index in [1.807, 2.05) is 17.4 Å². The van der Waals surface area contributed by atoms with Gasteiger partial charge in [0.15, 0.2) is 5.82 Å². The van der Waals surface area contributed by atoms with Crippen molar-refractivity contribution in [3.05, 3.63) is 64.9 Å². The van der Waals surface area contributed by atoms with Gasteiger partial charge in [-0.05, 0) is 24.6 Å². The molecule has 5 aromatic rings. The van der Waals surface area contributed by atoms with Gasteiger partial charge in [0.05, 0.1) is 30.7 Å². The molecule has 0 amide bonds. The van der Waals surface area contributed by atoms with E-state index in [-0.39, 0.29) is 23.9 Å². The van der Waals surface area contributed by atoms with Gasteiger partial charge in [0, 0.05) is 39.0 Å². The average molecular weight is 518 g/mol. The molecule has 0 fully saturated rings. The molecule has 5 heterocycles. The number of aryl methyl sites for hydroxylation is 1. The van der Waals surface area contributed by atoms with Crippen LogP contribution in [-0.4, -0.2) is 63.5 Å². The molecular formula is C25H27N9O4. The van der Waals surface area contributed by atoms with Gasteiger partial charge in [0.1, 0.15) is 34.4 Å². The van der Waals surface area contributed by atoms with E-state index in [4.69, 9.17) is 9.72 Å². The third-order valence-corrected chi connectivity index (χ3v) is 6.40. The van der Waals surface area contributed by atoms with Crippen molar-refractivity contribution >= 4 is 23.1 Å². The highest BCUT2D eigenvalue weighted by molar-refractivity contribution is 5.90. The molecule has 1 atom stereocenters. The van der Waals surface area contributed by atoms with Crippen LogP contribution in [0.5, 0.6) is 0 Å². The fraction of sp³-hybridized carbons (Fsp3) is 0.280. The predicted molar refractivity (Wildman–Crippen MR) is 139 cm³/mol. The van der Waals surface area contributed by atoms with E-state index in [2.05, 4.69) is 25.4 Å². The van der Waals surface area contributed by atoms with E-state index in [9.17, 15) is 14.7 Å². The number of rotatable bonds is 8. The number of aromatic nitrogens is 8. The van der Waals surface area contributed by atoms with Crippen molar-refractivity contribution in [3.63, 3.8) is 0 Å². The van der Waals surface area contributed by atoms with Crippen molar-refractivity contribution in [3.8, 4) is 22.8 Å². The molecule has 13 nitrogen and oxygen atoms in total. The van der Waals surface area contributed by atoms with E-state index >= 15 is 0 Å². The van der Waals surface area contributed by atoms with Gasteiger partial charge in [0.25, 0.3) is 5.56 Å². The zero-order valence-electron chi connectivity index (χ0n) is 21.3. The smallest absolute Gasteiger partial charge is 0.354 e. The molecule has 0 aliphatic rings. The van der Waals surface area contributed by atoms with E-state index in [0.717, 1.165) is 17.0 Å². The number of nitrogens with one attached hydrogen (secondary N) is 2. The first-order valence-electron chi connectivity index (χ1n) is 11.9. The van der Waals surface area contributed by atoms with Crippen LogP contribution in [0.25, 0.3) is 28.3 Å². The second-order valence-electron chi connectivity index (χ2n) is 8.86. The number of carbonyl (C=O) groups is 1. The number of methoxy groups -OCH3 is 1. The average Bonchev–Trinajstić information content (AvgIpc) is 3.58. The number of ether oxygens (including phenoxy) is 1. The third-order valence-electron chi connectivity index (χ3n) is 6.40. The van der Waals surface area contributed by atoms with Gasteiger partial charge in [-0.1, -0.05) is 6.92 Å². The van der Waals surface area contributed by atoms with Crippen molar-refractivity contribution < 1.29 is 14.6 Å². The summed E-state index contributed by atoms with van der Waals surface area (Å²) in [5, 5.41) is 15.6. The standard InChI is InChI=1S/C25H27N9O4/c1-14(8-10-35)23-31-21(16-5-6-17(32(16)2)25(37)38-4)18-12-27-20(13-34(18)23)29-19-7-9-26-22(30-19)15-11-28-33(3)24(15)36/h5-7,9,11-14,28,35H,8,10H2,1-4H3,(H,26,29,30)/t14-/m0/s1. The number of fused-ring (bicyclic) bond motifs is 1. The topological polar surface area (TPSA) is 157 Å². The number of carbonyl (C=O) groups excluding carboxylic acids is 1. The quantitative estimate of drug-likeness (QED) is 0.263. The Hall–Kier alpha value is -4.78. The molecule has 0 aliphatic carbocycles. The van der Waals surface area contributed by atoms with Crippen LogP contribution >= 0.6 is 0 Å². The van der Waals surface area contributed by atoms with Gasteiger partial charge in [-0.25, -0.2) is 24.7 Å². The SMILES string of the molecule is COC(=O)c1ccc(-c2nc([C@@H](C)CCO)n3cc(Nc4ccnc(-c5c[nH]n(C)c5=O)n4)ncc23)n1C. The number of aliphatic hydroxyl groups is 1. The molecule has 0 aromatic carbocycles. The summed E-state index contributed by atoms with van der Waals surface area (Å²) in [7, 11) is 4.73. The van der Waals surface area contributed by atoms with Crippen LogP contribution < -0.4 is 10.9 Å². The van der Waals surface area contributed by atoms with E-state index in [0.29, 0.717) is 35.0 Å². The highest BCUT2D eigenvalue weighted by atomic mass is 16.5. The second kappa shape index (κ2) is 9.94. The Morgan fingerprint density at radius 3 is 2.71 bits per heavy atom. The molecule has 0 bridgehead atoms. The fourth-order valence-electron chi connectivity index (χ4n) is 4.30. The number of H-pyrrole nitrogens is 1. The maximum Gasteiger partial charge on any atom is 0.354 e. The number of hydrogen-bond acceptors (Lipinski definition) is 9. The Balaban J connectivity index is 1.56. The lowest BCUT2D eigenvalue weighted by Crippen LogP contribution is -2.14. The number of aromatic amines is 1. The van der Waals surface area contributed by atoms with Gasteiger partial charge in [-0.15, -0.1) is 0 Å². The highest BCUT2D eigenvalue weighted by Gasteiger charge is 2.22. The molecule has 3 N–H and O–H groups in total. The molecule has 0 unspecified atom stereocenters. The van der Waals surface area contributed by atoms with Crippen LogP contribution in [0.1, 0.15) is 35.6 Å². The second-order valence-corrected chi connectivity index (χ2v) is 8.86. The van der Waals surface area contributed by atoms with Crippen LogP contribution in [0.2, 0.25) is 0 Å². The molecule has 0 saturated carbocycles. The van der Waals surface area contributed by atoms with Gasteiger partial charge >= 0.3 is 5.97 Å². The number of imidazole rings is 1. The number of hydrogen-bond donors (Lipinski definition) is 3. The zero-order valence-corrected chi connectivity index (χ0v) is 21.3. The number of esters is 1. The Bertz CT molecular complexity index is 1690. The van der Waals surface area contributed by atoms with Crippen LogP contribution in [0.4, 0.5) is 11.6 Å². The summed E-state index contributed by atoms with van der Waals surface area (Å²) in [6.45, 7) is 2.00. The summed E-state index contributed by atoms with van der Waals surface area (Å²) in [5.74, 6) is 1.46. The van der Waals surface area contributed by atoms with Gasteiger partial charge in [-0.2, -0.15) is 0 Å². The van der Waals surface area contributed by atoms with Crippen molar-refractivity contribution in [2.75, 3.05) is 19.0 Å². The molecule has 0 saturated heterocycles. The molecule has 38 heavy (non-hydrogen) atoms. The molecule has 13 heteroatoms. The molecule has 0 radical (unpaired) electrons. The van der Waals surface area contributed by atoms with Crippen LogP contribution in [0.3, 0.4) is 0 Å². The van der Waals surface area contributed by atoms with Crippen LogP contribution in [0, 0.1) is 0 Å². The number of aliphatic hydroxyl groups excluding tert-OH is 1. The lowest BCUT2D eigenvalue weighted by atomic mass is 10.1. The molecule has 196 valence electrons. The van der Waals surface area contributed by atoms with Crippen molar-refractivity contribution in [2.24, 2.45) is 14.1 Å². The summed E-state index contributed by atoms with van der Waals surface area (Å²) in [6, 6.07) is 5.19. The Morgan fingerprint density at radius 2 is 2.00 bits per heavy atom. The first-order chi connectivity index (χ1) is 18.3. The molecule has 5 aromatic heterocycles. The van der Waals surface area contributed by atoms with Crippen molar-refractivity contribution in [1.82, 2.24) is 38.7 Å². The Labute approximate surface area is 216 Å². The normalized spacial score (nSPS) is 12.1. The Morgan fingerprint density at radius 1 is 1.18 bits per heavy atom. The monoisotopic (exact) mass is 517 g/mol. The number of anilines is 2. The lowest BCUT2D eigenvalue weighted by Gasteiger charge is -2.10. The summed E-state index contributed by atoms with van der Waals surface area (Å²) >= 11 is 0. The van der Waals surface area contributed by atoms with Crippen LogP contribution in [-0.2, 0) is 18.8 Å². The predicted octanol–water partition coefficient (Wildman–Crippen LogP) is 2.23. The molecule has 5 rings (SSSR count). The van der Waals surface area contributed by atoms with E-state index < -0.39 is 5.97 Å². The highest BCUT2D eigenvalue weighted by Crippen LogP contribution is 2.31. The minimum Gasteiger partial charge on any atom is -0.464 e. The van der Waals surface area contributed by atoms with Gasteiger partial charge in [0.2, 0.25) is 0 Å². The Kier molecular flexibility index (Phi) is 6.51. The summed E-state index contributed by atoms with van der Waals surface area (Å²) in [6.07, 6.45) is 7.13. The van der Waals surface area contributed by atoms with E-state index in [1.165, 1.54) is 11.8 Å². The maximum atomic E-state index is 12.3. The van der Waals surface area contributed by atoms with E-state index in [1.54, 1.807) is 55.6 Å². The third kappa shape index (κ3) is 4.32. The molecule has 0 spiro atoms. The molecule has 0 aliphatic heterocycles. The lowest BCUT2D eigenvalue weighted by molar-refractivity contribution is 0.0590. The minimum atomic E-state index is -0.442. The van der Waals surface area contributed by atoms with Crippen LogP contribution in [0.15, 0.2) is 47.8 Å². The fourth-order valence-corrected chi connectivity index (χ4v) is 4.30. The minimum absolute atomic E-state index is 0.0145. The summed E-state index contributed by atoms with van der Waals surface area (Å²) in [4.78, 5) is 42.6. The van der Waals surface area contributed by atoms with Gasteiger partial charge in [-0.3, -0.25) is 13.9 Å². The zero-order chi connectivity index (χ0) is 27.0. The van der Waals surface area contributed by atoms with Crippen molar-refractivity contribution in [2.45, 2.75) is 19.3 Å². The van der Waals surface area contributed by atoms with Crippen molar-refractivity contribution in [1.29, 1.82) is 0 Å².